The van der Waals surface area contributed by atoms with Gasteiger partial charge in [-0.3, -0.25) is 9.59 Å². The monoisotopic (exact) mass is 357 g/mol. The van der Waals surface area contributed by atoms with Crippen LogP contribution in [0.15, 0.2) is 59.7 Å². The highest BCUT2D eigenvalue weighted by molar-refractivity contribution is 6.30. The van der Waals surface area contributed by atoms with E-state index in [4.69, 9.17) is 11.6 Å². The number of carbonyl (C=O) groups is 2. The van der Waals surface area contributed by atoms with Crippen LogP contribution in [0.3, 0.4) is 0 Å². The van der Waals surface area contributed by atoms with Crippen molar-refractivity contribution in [2.24, 2.45) is 5.10 Å². The first kappa shape index (κ1) is 18.7. The first-order chi connectivity index (χ1) is 12.0. The van der Waals surface area contributed by atoms with Crippen molar-refractivity contribution in [3.8, 4) is 0 Å². The summed E-state index contributed by atoms with van der Waals surface area (Å²) < 4.78 is 0. The van der Waals surface area contributed by atoms with Gasteiger partial charge in [0.05, 0.1) is 5.71 Å². The third-order valence-corrected chi connectivity index (χ3v) is 3.77. The number of nitrogens with zero attached hydrogens (tertiary/aromatic N) is 1. The Labute approximate surface area is 152 Å². The smallest absolute Gasteiger partial charge is 0.240 e. The van der Waals surface area contributed by atoms with Crippen LogP contribution in [0.2, 0.25) is 5.02 Å². The fraction of sp³-hybridized carbons (Fsp3) is 0.211. The van der Waals surface area contributed by atoms with Gasteiger partial charge in [0.2, 0.25) is 11.8 Å². The maximum absolute atomic E-state index is 11.8. The number of amides is 2. The van der Waals surface area contributed by atoms with Gasteiger partial charge < -0.3 is 5.32 Å². The second kappa shape index (κ2) is 9.59. The lowest BCUT2D eigenvalue weighted by Gasteiger charge is -2.05. The van der Waals surface area contributed by atoms with Crippen LogP contribution in [0.1, 0.15) is 30.9 Å². The molecule has 0 atom stereocenters. The van der Waals surface area contributed by atoms with Crippen LogP contribution in [0.5, 0.6) is 0 Å². The largest absolute Gasteiger partial charge is 0.352 e. The van der Waals surface area contributed by atoms with Crippen molar-refractivity contribution in [1.29, 1.82) is 0 Å². The summed E-state index contributed by atoms with van der Waals surface area (Å²) in [6.07, 6.45) is 0.201. The molecule has 0 aromatic heterocycles. The van der Waals surface area contributed by atoms with Gasteiger partial charge in [0, 0.05) is 24.4 Å². The van der Waals surface area contributed by atoms with Gasteiger partial charge in [0.1, 0.15) is 0 Å². The predicted octanol–water partition coefficient (Wildman–Crippen LogP) is 3.28. The van der Waals surface area contributed by atoms with E-state index in [1.807, 2.05) is 42.5 Å². The van der Waals surface area contributed by atoms with Crippen molar-refractivity contribution < 1.29 is 9.59 Å². The topological polar surface area (TPSA) is 70.6 Å². The normalized spacial score (nSPS) is 11.0. The maximum Gasteiger partial charge on any atom is 0.240 e. The van der Waals surface area contributed by atoms with Gasteiger partial charge in [0.25, 0.3) is 0 Å². The zero-order valence-corrected chi connectivity index (χ0v) is 14.7. The first-order valence-electron chi connectivity index (χ1n) is 7.94. The summed E-state index contributed by atoms with van der Waals surface area (Å²) in [7, 11) is 0. The van der Waals surface area contributed by atoms with E-state index in [0.29, 0.717) is 17.3 Å². The summed E-state index contributed by atoms with van der Waals surface area (Å²) >= 11 is 5.83. The molecule has 0 aliphatic carbocycles. The van der Waals surface area contributed by atoms with E-state index in [1.165, 1.54) is 0 Å². The number of hydrazone groups is 1. The van der Waals surface area contributed by atoms with E-state index >= 15 is 0 Å². The molecule has 2 N–H and O–H groups in total. The molecule has 2 aromatic rings. The molecular weight excluding hydrogens is 338 g/mol. The number of halogens is 1. The molecule has 0 aliphatic heterocycles. The Hall–Kier alpha value is -2.66. The molecule has 0 unspecified atom stereocenters. The molecule has 2 amide bonds. The maximum atomic E-state index is 11.8. The van der Waals surface area contributed by atoms with E-state index in [0.717, 1.165) is 11.1 Å². The van der Waals surface area contributed by atoms with Crippen LogP contribution >= 0.6 is 11.6 Å². The third-order valence-electron chi connectivity index (χ3n) is 3.52. The highest BCUT2D eigenvalue weighted by atomic mass is 35.5. The van der Waals surface area contributed by atoms with Gasteiger partial charge in [-0.05, 0) is 30.2 Å². The second-order valence-electron chi connectivity index (χ2n) is 5.50. The Morgan fingerprint density at radius 1 is 0.960 bits per heavy atom. The molecule has 0 bridgehead atoms. The van der Waals surface area contributed by atoms with Gasteiger partial charge in [-0.2, -0.15) is 5.10 Å². The lowest BCUT2D eigenvalue weighted by atomic mass is 10.1. The Bertz CT molecular complexity index is 743. The molecule has 2 rings (SSSR count). The van der Waals surface area contributed by atoms with Crippen molar-refractivity contribution in [2.75, 3.05) is 0 Å². The Kier molecular flexibility index (Phi) is 7.16. The molecular formula is C19H20ClN3O2. The number of hydrogen-bond acceptors (Lipinski definition) is 3. The molecule has 0 heterocycles. The minimum Gasteiger partial charge on any atom is -0.352 e. The third kappa shape index (κ3) is 6.77. The van der Waals surface area contributed by atoms with Crippen molar-refractivity contribution >= 4 is 29.1 Å². The van der Waals surface area contributed by atoms with E-state index in [2.05, 4.69) is 15.8 Å². The highest BCUT2D eigenvalue weighted by Crippen LogP contribution is 2.10. The van der Waals surface area contributed by atoms with Gasteiger partial charge >= 0.3 is 0 Å². The van der Waals surface area contributed by atoms with Crippen LogP contribution in [-0.2, 0) is 16.1 Å². The summed E-state index contributed by atoms with van der Waals surface area (Å²) in [6, 6.07) is 16.8. The Morgan fingerprint density at radius 2 is 1.60 bits per heavy atom. The van der Waals surface area contributed by atoms with Gasteiger partial charge in [-0.25, -0.2) is 5.43 Å². The number of carbonyl (C=O) groups excluding carboxylic acids is 2. The summed E-state index contributed by atoms with van der Waals surface area (Å²) in [6.45, 7) is 2.24. The average molecular weight is 358 g/mol. The number of rotatable bonds is 7. The van der Waals surface area contributed by atoms with E-state index in [-0.39, 0.29) is 24.7 Å². The van der Waals surface area contributed by atoms with Crippen LogP contribution in [-0.4, -0.2) is 17.5 Å². The van der Waals surface area contributed by atoms with Crippen LogP contribution in [0.4, 0.5) is 0 Å². The fourth-order valence-corrected chi connectivity index (χ4v) is 2.20. The quantitative estimate of drug-likeness (QED) is 0.589. The average Bonchev–Trinajstić information content (AvgIpc) is 2.64. The van der Waals surface area contributed by atoms with E-state index < -0.39 is 0 Å². The molecule has 0 radical (unpaired) electrons. The molecule has 130 valence electrons. The zero-order chi connectivity index (χ0) is 18.1. The standard InChI is InChI=1S/C19H20ClN3O2/c1-14(16-7-9-17(20)10-8-16)22-23-19(25)12-11-18(24)21-13-15-5-3-2-4-6-15/h2-10H,11-13H2,1H3,(H,21,24)(H,23,25)/b22-14+. The molecule has 2 aromatic carbocycles. The minimum absolute atomic E-state index is 0.0814. The van der Waals surface area contributed by atoms with Gasteiger partial charge in [-0.1, -0.05) is 54.1 Å². The summed E-state index contributed by atoms with van der Waals surface area (Å²) in [5.41, 5.74) is 5.01. The van der Waals surface area contributed by atoms with Crippen LogP contribution in [0, 0.1) is 0 Å². The van der Waals surface area contributed by atoms with Gasteiger partial charge in [0.15, 0.2) is 0 Å². The molecule has 6 heteroatoms. The molecule has 0 saturated carbocycles. The molecule has 25 heavy (non-hydrogen) atoms. The first-order valence-corrected chi connectivity index (χ1v) is 8.32. The Morgan fingerprint density at radius 3 is 2.28 bits per heavy atom. The molecule has 0 saturated heterocycles. The number of nitrogens with one attached hydrogen (secondary N) is 2. The molecule has 5 nitrogen and oxygen atoms in total. The van der Waals surface area contributed by atoms with Crippen molar-refractivity contribution in [3.63, 3.8) is 0 Å². The van der Waals surface area contributed by atoms with Gasteiger partial charge in [-0.15, -0.1) is 0 Å². The molecule has 0 aliphatic rings. The summed E-state index contributed by atoms with van der Waals surface area (Å²) in [4.78, 5) is 23.6. The van der Waals surface area contributed by atoms with Crippen LogP contribution in [0.25, 0.3) is 0 Å². The molecule has 0 spiro atoms. The van der Waals surface area contributed by atoms with Crippen molar-refractivity contribution in [3.05, 3.63) is 70.7 Å². The highest BCUT2D eigenvalue weighted by Gasteiger charge is 2.06. The lowest BCUT2D eigenvalue weighted by Crippen LogP contribution is -2.26. The molecule has 0 fully saturated rings. The Balaban J connectivity index is 1.71. The van der Waals surface area contributed by atoms with E-state index in [9.17, 15) is 9.59 Å². The lowest BCUT2D eigenvalue weighted by molar-refractivity contribution is -0.126. The predicted molar refractivity (Wildman–Crippen MR) is 99.3 cm³/mol. The summed E-state index contributed by atoms with van der Waals surface area (Å²) in [5, 5.41) is 7.46. The number of hydrogen-bond donors (Lipinski definition) is 2. The van der Waals surface area contributed by atoms with Crippen molar-refractivity contribution in [2.45, 2.75) is 26.3 Å². The summed E-state index contributed by atoms with van der Waals surface area (Å²) in [5.74, 6) is -0.472. The number of benzene rings is 2. The second-order valence-corrected chi connectivity index (χ2v) is 5.94. The zero-order valence-electron chi connectivity index (χ0n) is 14.0. The van der Waals surface area contributed by atoms with E-state index in [1.54, 1.807) is 19.1 Å². The fourth-order valence-electron chi connectivity index (χ4n) is 2.07. The van der Waals surface area contributed by atoms with Crippen LogP contribution < -0.4 is 10.7 Å². The minimum atomic E-state index is -0.303. The SMILES string of the molecule is C/C(=N\NC(=O)CCC(=O)NCc1ccccc1)c1ccc(Cl)cc1. The van der Waals surface area contributed by atoms with Crippen molar-refractivity contribution in [1.82, 2.24) is 10.7 Å².